The first-order valence-corrected chi connectivity index (χ1v) is 5.32. The molecule has 0 radical (unpaired) electrons. The van der Waals surface area contributed by atoms with Crippen LogP contribution in [0.15, 0.2) is 18.6 Å². The summed E-state index contributed by atoms with van der Waals surface area (Å²) >= 11 is 0. The predicted molar refractivity (Wildman–Crippen MR) is 59.3 cm³/mol. The fourth-order valence-electron chi connectivity index (χ4n) is 1.51. The number of aliphatic hydroxyl groups is 1. The highest BCUT2D eigenvalue weighted by Gasteiger charge is 2.17. The Morgan fingerprint density at radius 2 is 2.33 bits per heavy atom. The lowest BCUT2D eigenvalue weighted by Crippen LogP contribution is -2.37. The van der Waals surface area contributed by atoms with Crippen molar-refractivity contribution in [3.8, 4) is 0 Å². The molecule has 1 unspecified atom stereocenters. The van der Waals surface area contributed by atoms with E-state index in [-0.39, 0.29) is 0 Å². The summed E-state index contributed by atoms with van der Waals surface area (Å²) in [6.07, 6.45) is 5.04. The molecule has 0 aliphatic heterocycles. The molecule has 1 aromatic rings. The summed E-state index contributed by atoms with van der Waals surface area (Å²) in [5.74, 6) is 0. The van der Waals surface area contributed by atoms with Crippen LogP contribution in [0.5, 0.6) is 0 Å². The van der Waals surface area contributed by atoms with E-state index in [0.29, 0.717) is 13.1 Å². The number of hydrogen-bond donors (Lipinski definition) is 2. The van der Waals surface area contributed by atoms with Gasteiger partial charge >= 0.3 is 0 Å². The van der Waals surface area contributed by atoms with Crippen LogP contribution >= 0.6 is 0 Å². The van der Waals surface area contributed by atoms with E-state index in [2.05, 4.69) is 22.2 Å². The molecule has 0 bridgehead atoms. The van der Waals surface area contributed by atoms with Crippen LogP contribution in [0, 0.1) is 0 Å². The monoisotopic (exact) mass is 209 g/mol. The zero-order valence-electron chi connectivity index (χ0n) is 9.40. The fourth-order valence-corrected chi connectivity index (χ4v) is 1.51. The Kier molecular flexibility index (Phi) is 4.65. The first kappa shape index (κ1) is 12.1. The third kappa shape index (κ3) is 4.85. The van der Waals surface area contributed by atoms with Gasteiger partial charge in [-0.25, -0.2) is 9.97 Å². The van der Waals surface area contributed by atoms with Gasteiger partial charge in [0, 0.05) is 19.3 Å². The van der Waals surface area contributed by atoms with Gasteiger partial charge < -0.3 is 10.4 Å². The van der Waals surface area contributed by atoms with Gasteiger partial charge in [0.25, 0.3) is 0 Å². The second-order valence-electron chi connectivity index (χ2n) is 4.05. The highest BCUT2D eigenvalue weighted by Crippen LogP contribution is 2.10. The Hall–Kier alpha value is -1.00. The zero-order chi connectivity index (χ0) is 11.1. The molecule has 0 spiro atoms. The molecule has 0 aromatic carbocycles. The largest absolute Gasteiger partial charge is 0.389 e. The highest BCUT2D eigenvalue weighted by atomic mass is 16.3. The molecular formula is C11H19N3O. The van der Waals surface area contributed by atoms with E-state index in [4.69, 9.17) is 0 Å². The number of nitrogens with zero attached hydrogens (tertiary/aromatic N) is 2. The van der Waals surface area contributed by atoms with Crippen molar-refractivity contribution >= 4 is 0 Å². The van der Waals surface area contributed by atoms with E-state index in [0.717, 1.165) is 18.5 Å². The van der Waals surface area contributed by atoms with Gasteiger partial charge in [0.2, 0.25) is 0 Å². The minimum atomic E-state index is -0.623. The molecule has 0 aliphatic rings. The van der Waals surface area contributed by atoms with E-state index in [9.17, 15) is 5.11 Å². The van der Waals surface area contributed by atoms with Gasteiger partial charge in [0.05, 0.1) is 11.3 Å². The maximum atomic E-state index is 9.90. The summed E-state index contributed by atoms with van der Waals surface area (Å²) in [5, 5.41) is 13.1. The summed E-state index contributed by atoms with van der Waals surface area (Å²) in [4.78, 5) is 7.93. The van der Waals surface area contributed by atoms with E-state index in [1.807, 2.05) is 13.0 Å². The van der Waals surface area contributed by atoms with Crippen molar-refractivity contribution in [2.75, 3.05) is 6.54 Å². The molecule has 0 fully saturated rings. The first-order valence-electron chi connectivity index (χ1n) is 5.32. The van der Waals surface area contributed by atoms with Crippen molar-refractivity contribution in [2.24, 2.45) is 0 Å². The van der Waals surface area contributed by atoms with Gasteiger partial charge in [-0.2, -0.15) is 0 Å². The summed E-state index contributed by atoms with van der Waals surface area (Å²) in [5.41, 5.74) is 0.319. The van der Waals surface area contributed by atoms with Crippen molar-refractivity contribution in [1.82, 2.24) is 15.3 Å². The van der Waals surface area contributed by atoms with Crippen LogP contribution in [0.2, 0.25) is 0 Å². The van der Waals surface area contributed by atoms with Gasteiger partial charge in [-0.05, 0) is 19.4 Å². The highest BCUT2D eigenvalue weighted by molar-refractivity contribution is 4.97. The average Bonchev–Trinajstić information content (AvgIpc) is 2.19. The van der Waals surface area contributed by atoms with Gasteiger partial charge in [0.15, 0.2) is 0 Å². The van der Waals surface area contributed by atoms with Crippen LogP contribution in [-0.4, -0.2) is 27.2 Å². The van der Waals surface area contributed by atoms with Crippen LogP contribution in [0.4, 0.5) is 0 Å². The van der Waals surface area contributed by atoms with Crippen LogP contribution in [0.25, 0.3) is 0 Å². The third-order valence-corrected chi connectivity index (χ3v) is 2.24. The van der Waals surface area contributed by atoms with Crippen LogP contribution < -0.4 is 5.32 Å². The average molecular weight is 209 g/mol. The van der Waals surface area contributed by atoms with Gasteiger partial charge in [0.1, 0.15) is 6.33 Å². The Balaban J connectivity index is 2.27. The Morgan fingerprint density at radius 1 is 1.53 bits per heavy atom. The molecule has 2 N–H and O–H groups in total. The Bertz CT molecular complexity index is 274. The SMILES string of the molecule is CCCC(C)(O)CNCc1ccncn1. The minimum Gasteiger partial charge on any atom is -0.389 e. The zero-order valence-corrected chi connectivity index (χ0v) is 9.40. The maximum Gasteiger partial charge on any atom is 0.115 e. The topological polar surface area (TPSA) is 58.0 Å². The second-order valence-corrected chi connectivity index (χ2v) is 4.05. The van der Waals surface area contributed by atoms with Gasteiger partial charge in [-0.15, -0.1) is 0 Å². The van der Waals surface area contributed by atoms with Crippen molar-refractivity contribution in [3.63, 3.8) is 0 Å². The van der Waals surface area contributed by atoms with Crippen LogP contribution in [0.1, 0.15) is 32.4 Å². The molecule has 1 aromatic heterocycles. The molecule has 0 amide bonds. The minimum absolute atomic E-state index is 0.588. The Morgan fingerprint density at radius 3 is 2.93 bits per heavy atom. The number of rotatable bonds is 6. The van der Waals surface area contributed by atoms with Crippen molar-refractivity contribution in [3.05, 3.63) is 24.3 Å². The normalized spacial score (nSPS) is 14.9. The number of nitrogens with one attached hydrogen (secondary N) is 1. The third-order valence-electron chi connectivity index (χ3n) is 2.24. The summed E-state index contributed by atoms with van der Waals surface area (Å²) in [6.45, 7) is 5.18. The molecule has 4 nitrogen and oxygen atoms in total. The molecule has 1 rings (SSSR count). The molecule has 1 atom stereocenters. The van der Waals surface area contributed by atoms with Crippen LogP contribution in [-0.2, 0) is 6.54 Å². The molecule has 15 heavy (non-hydrogen) atoms. The first-order chi connectivity index (χ1) is 7.14. The van der Waals surface area contributed by atoms with Crippen LogP contribution in [0.3, 0.4) is 0 Å². The molecule has 0 aliphatic carbocycles. The predicted octanol–water partition coefficient (Wildman–Crippen LogP) is 1.12. The molecular weight excluding hydrogens is 190 g/mol. The van der Waals surface area contributed by atoms with E-state index < -0.39 is 5.60 Å². The molecule has 0 saturated carbocycles. The quantitative estimate of drug-likeness (QED) is 0.737. The summed E-state index contributed by atoms with van der Waals surface area (Å²) < 4.78 is 0. The lowest BCUT2D eigenvalue weighted by Gasteiger charge is -2.22. The molecule has 84 valence electrons. The molecule has 0 saturated heterocycles. The smallest absolute Gasteiger partial charge is 0.115 e. The molecule has 1 heterocycles. The molecule has 4 heteroatoms. The van der Waals surface area contributed by atoms with E-state index >= 15 is 0 Å². The van der Waals surface area contributed by atoms with Gasteiger partial charge in [-0.3, -0.25) is 0 Å². The standard InChI is InChI=1S/C11H19N3O/c1-3-5-11(2,15)8-13-7-10-4-6-12-9-14-10/h4,6,9,13,15H,3,5,7-8H2,1-2H3. The van der Waals surface area contributed by atoms with Crippen molar-refractivity contribution in [1.29, 1.82) is 0 Å². The van der Waals surface area contributed by atoms with Crippen molar-refractivity contribution < 1.29 is 5.11 Å². The van der Waals surface area contributed by atoms with E-state index in [1.165, 1.54) is 6.33 Å². The van der Waals surface area contributed by atoms with Gasteiger partial charge in [-0.1, -0.05) is 13.3 Å². The van der Waals surface area contributed by atoms with Crippen molar-refractivity contribution in [2.45, 2.75) is 38.8 Å². The second kappa shape index (κ2) is 5.78. The van der Waals surface area contributed by atoms with E-state index in [1.54, 1.807) is 6.20 Å². The lowest BCUT2D eigenvalue weighted by molar-refractivity contribution is 0.0497. The Labute approximate surface area is 90.8 Å². The summed E-state index contributed by atoms with van der Waals surface area (Å²) in [6, 6.07) is 1.86. The fraction of sp³-hybridized carbons (Fsp3) is 0.636. The maximum absolute atomic E-state index is 9.90. The number of hydrogen-bond acceptors (Lipinski definition) is 4. The number of aromatic nitrogens is 2. The summed E-state index contributed by atoms with van der Waals surface area (Å²) in [7, 11) is 0. The lowest BCUT2D eigenvalue weighted by atomic mass is 10.0.